The largest absolute Gasteiger partial charge is 0.388 e. The number of aliphatic hydroxyl groups excluding tert-OH is 1. The summed E-state index contributed by atoms with van der Waals surface area (Å²) in [4.78, 5) is 2.34. The first kappa shape index (κ1) is 15.6. The lowest BCUT2D eigenvalue weighted by Gasteiger charge is -2.30. The molecule has 0 fully saturated rings. The highest BCUT2D eigenvalue weighted by Crippen LogP contribution is 2.26. The molecule has 0 spiro atoms. The highest BCUT2D eigenvalue weighted by atomic mass is 16.3. The van der Waals surface area contributed by atoms with Crippen molar-refractivity contribution < 1.29 is 5.11 Å². The minimum Gasteiger partial charge on any atom is -0.388 e. The third-order valence-corrected chi connectivity index (χ3v) is 4.03. The maximum Gasteiger partial charge on any atom is 0.0832 e. The minimum atomic E-state index is -0.427. The SMILES string of the molecule is CCN(CC(C)C(O)c1ccccc1)c1ccccc1C. The molecule has 2 rings (SSSR count). The molecule has 0 saturated heterocycles. The molecule has 2 heteroatoms. The molecule has 2 aromatic rings. The minimum absolute atomic E-state index is 0.173. The fourth-order valence-electron chi connectivity index (χ4n) is 2.74. The average Bonchev–Trinajstić information content (AvgIpc) is 2.53. The topological polar surface area (TPSA) is 23.5 Å². The van der Waals surface area contributed by atoms with Gasteiger partial charge in [-0.1, -0.05) is 55.5 Å². The zero-order valence-corrected chi connectivity index (χ0v) is 13.2. The summed E-state index contributed by atoms with van der Waals surface area (Å²) in [6.45, 7) is 8.19. The van der Waals surface area contributed by atoms with Crippen LogP contribution in [0.1, 0.15) is 31.1 Å². The molecule has 2 atom stereocenters. The standard InChI is InChI=1S/C19H25NO/c1-4-20(18-13-9-8-10-15(18)2)14-16(3)19(21)17-11-6-5-7-12-17/h5-13,16,19,21H,4,14H2,1-3H3. The molecule has 0 aliphatic carbocycles. The Bertz CT molecular complexity index is 553. The van der Waals surface area contributed by atoms with Crippen molar-refractivity contribution in [1.82, 2.24) is 0 Å². The molecule has 0 aliphatic heterocycles. The lowest BCUT2D eigenvalue weighted by Crippen LogP contribution is -2.31. The van der Waals surface area contributed by atoms with Gasteiger partial charge in [0, 0.05) is 24.7 Å². The van der Waals surface area contributed by atoms with E-state index in [1.807, 2.05) is 30.3 Å². The molecule has 21 heavy (non-hydrogen) atoms. The van der Waals surface area contributed by atoms with Crippen molar-refractivity contribution in [1.29, 1.82) is 0 Å². The van der Waals surface area contributed by atoms with E-state index in [4.69, 9.17) is 0 Å². The van der Waals surface area contributed by atoms with Crippen molar-refractivity contribution in [2.75, 3.05) is 18.0 Å². The quantitative estimate of drug-likeness (QED) is 0.859. The van der Waals surface area contributed by atoms with Gasteiger partial charge in [0.15, 0.2) is 0 Å². The Morgan fingerprint density at radius 2 is 1.62 bits per heavy atom. The number of para-hydroxylation sites is 1. The Hall–Kier alpha value is -1.80. The van der Waals surface area contributed by atoms with E-state index in [0.717, 1.165) is 18.7 Å². The van der Waals surface area contributed by atoms with Crippen molar-refractivity contribution >= 4 is 5.69 Å². The second-order valence-corrected chi connectivity index (χ2v) is 5.66. The maximum atomic E-state index is 10.5. The third-order valence-electron chi connectivity index (χ3n) is 4.03. The lowest BCUT2D eigenvalue weighted by molar-refractivity contribution is 0.120. The number of hydrogen-bond donors (Lipinski definition) is 1. The normalized spacial score (nSPS) is 13.7. The second kappa shape index (κ2) is 7.28. The van der Waals surface area contributed by atoms with Crippen molar-refractivity contribution in [3.05, 3.63) is 65.7 Å². The number of nitrogens with zero attached hydrogens (tertiary/aromatic N) is 1. The molecule has 0 amide bonds. The predicted octanol–water partition coefficient (Wildman–Crippen LogP) is 4.19. The first-order valence-corrected chi connectivity index (χ1v) is 7.67. The summed E-state index contributed by atoms with van der Waals surface area (Å²) >= 11 is 0. The number of hydrogen-bond acceptors (Lipinski definition) is 2. The van der Waals surface area contributed by atoms with Gasteiger partial charge in [-0.3, -0.25) is 0 Å². The van der Waals surface area contributed by atoms with Crippen LogP contribution in [-0.2, 0) is 0 Å². The van der Waals surface area contributed by atoms with E-state index in [2.05, 4.69) is 49.9 Å². The van der Waals surface area contributed by atoms with Crippen LogP contribution in [0.5, 0.6) is 0 Å². The molecule has 2 unspecified atom stereocenters. The van der Waals surface area contributed by atoms with Crippen molar-refractivity contribution in [2.24, 2.45) is 5.92 Å². The molecule has 0 radical (unpaired) electrons. The van der Waals surface area contributed by atoms with Crippen LogP contribution in [0.2, 0.25) is 0 Å². The first-order chi connectivity index (χ1) is 10.1. The molecule has 0 aromatic heterocycles. The monoisotopic (exact) mass is 283 g/mol. The Morgan fingerprint density at radius 3 is 2.24 bits per heavy atom. The summed E-state index contributed by atoms with van der Waals surface area (Å²) < 4.78 is 0. The van der Waals surface area contributed by atoms with Crippen molar-refractivity contribution in [3.63, 3.8) is 0 Å². The van der Waals surface area contributed by atoms with Gasteiger partial charge in [-0.15, -0.1) is 0 Å². The number of benzene rings is 2. The summed E-state index contributed by atoms with van der Waals surface area (Å²) in [5, 5.41) is 10.5. The second-order valence-electron chi connectivity index (χ2n) is 5.66. The van der Waals surface area contributed by atoms with E-state index in [-0.39, 0.29) is 5.92 Å². The van der Waals surface area contributed by atoms with Gasteiger partial charge in [0.2, 0.25) is 0 Å². The van der Waals surface area contributed by atoms with Gasteiger partial charge in [-0.25, -0.2) is 0 Å². The van der Waals surface area contributed by atoms with Gasteiger partial charge in [-0.2, -0.15) is 0 Å². The lowest BCUT2D eigenvalue weighted by atomic mass is 9.96. The molecular weight excluding hydrogens is 258 g/mol. The van der Waals surface area contributed by atoms with Crippen molar-refractivity contribution in [3.8, 4) is 0 Å². The zero-order chi connectivity index (χ0) is 15.2. The van der Waals surface area contributed by atoms with Gasteiger partial charge in [0.25, 0.3) is 0 Å². The molecule has 0 heterocycles. The van der Waals surface area contributed by atoms with E-state index in [0.29, 0.717) is 0 Å². The van der Waals surface area contributed by atoms with Gasteiger partial charge in [0.05, 0.1) is 6.10 Å². The number of aliphatic hydroxyl groups is 1. The fourth-order valence-corrected chi connectivity index (χ4v) is 2.74. The Balaban J connectivity index is 2.10. The van der Waals surface area contributed by atoms with Crippen LogP contribution >= 0.6 is 0 Å². The van der Waals surface area contributed by atoms with E-state index in [1.54, 1.807) is 0 Å². The Kier molecular flexibility index (Phi) is 5.40. The van der Waals surface area contributed by atoms with E-state index >= 15 is 0 Å². The van der Waals surface area contributed by atoms with Crippen LogP contribution < -0.4 is 4.90 Å². The fraction of sp³-hybridized carbons (Fsp3) is 0.368. The Labute approximate surface area is 128 Å². The number of aryl methyl sites for hydroxylation is 1. The third kappa shape index (κ3) is 3.85. The van der Waals surface area contributed by atoms with Gasteiger partial charge < -0.3 is 10.0 Å². The van der Waals surface area contributed by atoms with Gasteiger partial charge >= 0.3 is 0 Å². The summed E-state index contributed by atoms with van der Waals surface area (Å²) in [6.07, 6.45) is -0.427. The molecule has 2 aromatic carbocycles. The summed E-state index contributed by atoms with van der Waals surface area (Å²) in [5.41, 5.74) is 3.53. The smallest absolute Gasteiger partial charge is 0.0832 e. The molecule has 0 bridgehead atoms. The molecule has 112 valence electrons. The first-order valence-electron chi connectivity index (χ1n) is 7.67. The Morgan fingerprint density at radius 1 is 1.00 bits per heavy atom. The molecule has 0 aliphatic rings. The highest BCUT2D eigenvalue weighted by Gasteiger charge is 2.19. The van der Waals surface area contributed by atoms with Crippen LogP contribution in [0.15, 0.2) is 54.6 Å². The van der Waals surface area contributed by atoms with Gasteiger partial charge in [0.1, 0.15) is 0 Å². The molecule has 2 nitrogen and oxygen atoms in total. The van der Waals surface area contributed by atoms with E-state index in [9.17, 15) is 5.11 Å². The summed E-state index contributed by atoms with van der Waals surface area (Å²) in [7, 11) is 0. The van der Waals surface area contributed by atoms with Crippen LogP contribution in [0, 0.1) is 12.8 Å². The summed E-state index contributed by atoms with van der Waals surface area (Å²) in [6, 6.07) is 18.3. The highest BCUT2D eigenvalue weighted by molar-refractivity contribution is 5.52. The number of rotatable bonds is 6. The van der Waals surface area contributed by atoms with Crippen LogP contribution in [0.3, 0.4) is 0 Å². The van der Waals surface area contributed by atoms with E-state index < -0.39 is 6.10 Å². The summed E-state index contributed by atoms with van der Waals surface area (Å²) in [5.74, 6) is 0.173. The number of anilines is 1. The van der Waals surface area contributed by atoms with E-state index in [1.165, 1.54) is 11.3 Å². The van der Waals surface area contributed by atoms with Crippen LogP contribution in [0.25, 0.3) is 0 Å². The maximum absolute atomic E-state index is 10.5. The van der Waals surface area contributed by atoms with Crippen LogP contribution in [0.4, 0.5) is 5.69 Å². The molecule has 1 N–H and O–H groups in total. The van der Waals surface area contributed by atoms with Gasteiger partial charge in [-0.05, 0) is 31.0 Å². The van der Waals surface area contributed by atoms with Crippen LogP contribution in [-0.4, -0.2) is 18.2 Å². The van der Waals surface area contributed by atoms with Crippen molar-refractivity contribution in [2.45, 2.75) is 26.9 Å². The average molecular weight is 283 g/mol. The predicted molar refractivity (Wildman–Crippen MR) is 89.6 cm³/mol. The molecular formula is C19H25NO. The zero-order valence-electron chi connectivity index (χ0n) is 13.2. The molecule has 0 saturated carbocycles.